The third-order valence-corrected chi connectivity index (χ3v) is 9.17. The van der Waals surface area contributed by atoms with Crippen molar-refractivity contribution >= 4 is 29.0 Å². The maximum Gasteiger partial charge on any atom is 0.243 e. The summed E-state index contributed by atoms with van der Waals surface area (Å²) in [5, 5.41) is 21.3. The van der Waals surface area contributed by atoms with E-state index in [-0.39, 0.29) is 42.8 Å². The fraction of sp³-hybridized carbons (Fsp3) is 0.533. The Morgan fingerprint density at radius 1 is 1.22 bits per heavy atom. The Morgan fingerprint density at radius 3 is 2.63 bits per heavy atom. The Kier molecular flexibility index (Phi) is 8.77. The van der Waals surface area contributed by atoms with Crippen LogP contribution in [0, 0.1) is 12.8 Å². The Hall–Kier alpha value is -3.28. The number of rotatable bonds is 8. The Labute approximate surface area is 245 Å². The number of hydrogen-bond donors (Lipinski definition) is 3. The molecule has 2 aliphatic rings. The van der Waals surface area contributed by atoms with Gasteiger partial charge in [-0.25, -0.2) is 4.98 Å². The summed E-state index contributed by atoms with van der Waals surface area (Å²) in [5.41, 5.74) is 4.87. The van der Waals surface area contributed by atoms with E-state index >= 15 is 0 Å². The van der Waals surface area contributed by atoms with Gasteiger partial charge in [0.25, 0.3) is 0 Å². The number of aryl methyl sites for hydroxylation is 1. The Morgan fingerprint density at radius 2 is 1.98 bits per heavy atom. The molecule has 0 spiro atoms. The van der Waals surface area contributed by atoms with Gasteiger partial charge in [-0.2, -0.15) is 0 Å². The monoisotopic (exact) mass is 580 g/mol. The molecule has 5 rings (SSSR count). The van der Waals surface area contributed by atoms with Crippen LogP contribution in [-0.4, -0.2) is 76.3 Å². The van der Waals surface area contributed by atoms with Crippen LogP contribution in [0.25, 0.3) is 10.4 Å². The lowest BCUT2D eigenvalue weighted by Crippen LogP contribution is -2.50. The first-order chi connectivity index (χ1) is 19.6. The highest BCUT2D eigenvalue weighted by molar-refractivity contribution is 7.13. The predicted molar refractivity (Wildman–Crippen MR) is 159 cm³/mol. The van der Waals surface area contributed by atoms with Crippen LogP contribution in [0.3, 0.4) is 0 Å². The van der Waals surface area contributed by atoms with Crippen molar-refractivity contribution in [2.75, 3.05) is 31.1 Å². The van der Waals surface area contributed by atoms with E-state index < -0.39 is 18.1 Å². The van der Waals surface area contributed by atoms with E-state index in [1.807, 2.05) is 63.5 Å². The van der Waals surface area contributed by atoms with Crippen molar-refractivity contribution in [2.45, 2.75) is 71.2 Å². The molecule has 0 unspecified atom stereocenters. The molecular weight excluding hydrogens is 540 g/mol. The van der Waals surface area contributed by atoms with Crippen molar-refractivity contribution in [3.63, 3.8) is 0 Å². The number of amides is 2. The van der Waals surface area contributed by atoms with Crippen molar-refractivity contribution in [1.82, 2.24) is 25.7 Å². The molecule has 2 amide bonds. The molecule has 10 nitrogen and oxygen atoms in total. The number of thiazole rings is 1. The van der Waals surface area contributed by atoms with Crippen LogP contribution in [0.4, 0.5) is 5.82 Å². The molecule has 0 aliphatic carbocycles. The summed E-state index contributed by atoms with van der Waals surface area (Å²) in [4.78, 5) is 36.6. The number of hydrogen-bond acceptors (Lipinski definition) is 9. The van der Waals surface area contributed by atoms with Gasteiger partial charge in [0.15, 0.2) is 11.6 Å². The predicted octanol–water partition coefficient (Wildman–Crippen LogP) is 3.48. The second-order valence-electron chi connectivity index (χ2n) is 11.6. The molecule has 41 heavy (non-hydrogen) atoms. The quantitative estimate of drug-likeness (QED) is 0.370. The van der Waals surface area contributed by atoms with Crippen LogP contribution in [-0.2, 0) is 9.59 Å². The number of aliphatic hydroxyl groups is 1. The summed E-state index contributed by atoms with van der Waals surface area (Å²) in [6.07, 6.45) is -0.578. The van der Waals surface area contributed by atoms with Crippen LogP contribution >= 0.6 is 11.3 Å². The molecule has 0 bridgehead atoms. The molecule has 2 saturated heterocycles. The number of aromatic nitrogens is 2. The van der Waals surface area contributed by atoms with Gasteiger partial charge in [-0.1, -0.05) is 43.3 Å². The summed E-state index contributed by atoms with van der Waals surface area (Å²) in [6.45, 7) is 12.6. The van der Waals surface area contributed by atoms with E-state index in [9.17, 15) is 14.7 Å². The number of nitrogens with zero attached hydrogens (tertiary/aromatic N) is 4. The molecular formula is C30H40N6O4S. The molecule has 4 heterocycles. The first-order valence-corrected chi connectivity index (χ1v) is 15.2. The first kappa shape index (κ1) is 29.2. The number of carbonyl (C=O) groups is 2. The zero-order valence-electron chi connectivity index (χ0n) is 24.3. The van der Waals surface area contributed by atoms with Crippen LogP contribution < -0.4 is 15.5 Å². The summed E-state index contributed by atoms with van der Waals surface area (Å²) in [5.74, 6) is -0.0191. The number of nitrogens with one attached hydrogen (secondary N) is 2. The first-order valence-electron chi connectivity index (χ1n) is 14.4. The van der Waals surface area contributed by atoms with Gasteiger partial charge in [0.1, 0.15) is 12.0 Å². The van der Waals surface area contributed by atoms with E-state index in [1.54, 1.807) is 11.3 Å². The lowest BCUT2D eigenvalue weighted by atomic mass is 9.91. The van der Waals surface area contributed by atoms with Gasteiger partial charge in [0, 0.05) is 44.7 Å². The smallest absolute Gasteiger partial charge is 0.243 e. The van der Waals surface area contributed by atoms with Gasteiger partial charge in [-0.05, 0) is 37.8 Å². The van der Waals surface area contributed by atoms with Gasteiger partial charge in [-0.3, -0.25) is 9.59 Å². The zero-order chi connectivity index (χ0) is 29.3. The number of anilines is 1. The lowest BCUT2D eigenvalue weighted by molar-refractivity contribution is -0.141. The standard InChI is InChI=1S/C30H40N6O4S/c1-17(2)27(25-13-26(34-40-25)35-11-10-31-14-18(35)3)30(39)36-15-23(37)12-24(36)29(38)33-19(4)21-6-8-22(9-7-21)28-20(5)32-16-41-28/h6-9,13,16-19,23-24,27,31,37H,10-12,14-15H2,1-5H3,(H,33,38)/t18-,19-,23+,24-,27+/m0/s1. The third kappa shape index (κ3) is 6.17. The average molecular weight is 581 g/mol. The molecule has 0 radical (unpaired) electrons. The van der Waals surface area contributed by atoms with Crippen LogP contribution in [0.5, 0.6) is 0 Å². The summed E-state index contributed by atoms with van der Waals surface area (Å²) >= 11 is 1.60. The highest BCUT2D eigenvalue weighted by Gasteiger charge is 2.43. The van der Waals surface area contributed by atoms with Crippen molar-refractivity contribution < 1.29 is 19.2 Å². The van der Waals surface area contributed by atoms with E-state index in [0.717, 1.165) is 41.3 Å². The number of piperazine rings is 1. The molecule has 11 heteroatoms. The average Bonchev–Trinajstić information content (AvgIpc) is 3.69. The van der Waals surface area contributed by atoms with Crippen LogP contribution in [0.15, 0.2) is 40.4 Å². The number of β-amino-alcohol motifs (C(OH)–C–C–N with tert-alkyl or cyclic N) is 1. The molecule has 5 atom stereocenters. The van der Waals surface area contributed by atoms with Crippen molar-refractivity contribution in [1.29, 1.82) is 0 Å². The molecule has 220 valence electrons. The second-order valence-corrected chi connectivity index (χ2v) is 12.4. The van der Waals surface area contributed by atoms with Crippen molar-refractivity contribution in [2.24, 2.45) is 5.92 Å². The van der Waals surface area contributed by atoms with Crippen LogP contribution in [0.1, 0.15) is 63.1 Å². The molecule has 2 aromatic heterocycles. The SMILES string of the molecule is Cc1ncsc1-c1ccc([C@H](C)NC(=O)[C@@H]2C[C@@H](O)CN2C(=O)[C@@H](c2cc(N3CCNC[C@@H]3C)no2)C(C)C)cc1. The molecule has 3 aromatic rings. The van der Waals surface area contributed by atoms with Gasteiger partial charge < -0.3 is 30.1 Å². The maximum atomic E-state index is 14.0. The zero-order valence-corrected chi connectivity index (χ0v) is 25.1. The van der Waals surface area contributed by atoms with Gasteiger partial charge in [0.2, 0.25) is 11.8 Å². The lowest BCUT2D eigenvalue weighted by Gasteiger charge is -2.33. The number of likely N-dealkylation sites (tertiary alicyclic amines) is 1. The minimum Gasteiger partial charge on any atom is -0.391 e. The summed E-state index contributed by atoms with van der Waals surface area (Å²) in [7, 11) is 0. The molecule has 3 N–H and O–H groups in total. The van der Waals surface area contributed by atoms with E-state index in [4.69, 9.17) is 4.52 Å². The molecule has 1 aromatic carbocycles. The number of benzene rings is 1. The fourth-order valence-electron chi connectivity index (χ4n) is 5.86. The van der Waals surface area contributed by atoms with E-state index in [1.165, 1.54) is 4.90 Å². The third-order valence-electron chi connectivity index (χ3n) is 8.19. The van der Waals surface area contributed by atoms with Gasteiger partial charge in [-0.15, -0.1) is 11.3 Å². The van der Waals surface area contributed by atoms with Gasteiger partial charge >= 0.3 is 0 Å². The maximum absolute atomic E-state index is 14.0. The summed E-state index contributed by atoms with van der Waals surface area (Å²) in [6, 6.07) is 9.14. The van der Waals surface area contributed by atoms with Crippen molar-refractivity contribution in [3.8, 4) is 10.4 Å². The largest absolute Gasteiger partial charge is 0.391 e. The molecule has 2 fully saturated rings. The number of carbonyl (C=O) groups excluding carboxylic acids is 2. The Bertz CT molecular complexity index is 1350. The highest BCUT2D eigenvalue weighted by atomic mass is 32.1. The minimum absolute atomic E-state index is 0.0928. The minimum atomic E-state index is -0.772. The van der Waals surface area contributed by atoms with Crippen molar-refractivity contribution in [3.05, 3.63) is 52.9 Å². The molecule has 0 saturated carbocycles. The Balaban J connectivity index is 1.29. The van der Waals surface area contributed by atoms with Crippen LogP contribution in [0.2, 0.25) is 0 Å². The fourth-order valence-corrected chi connectivity index (χ4v) is 6.67. The number of aliphatic hydroxyl groups excluding tert-OH is 1. The van der Waals surface area contributed by atoms with E-state index in [2.05, 4.69) is 32.6 Å². The summed E-state index contributed by atoms with van der Waals surface area (Å²) < 4.78 is 5.73. The topological polar surface area (TPSA) is 124 Å². The highest BCUT2D eigenvalue weighted by Crippen LogP contribution is 2.33. The molecule has 2 aliphatic heterocycles. The van der Waals surface area contributed by atoms with E-state index in [0.29, 0.717) is 11.6 Å². The van der Waals surface area contributed by atoms with Gasteiger partial charge in [0.05, 0.1) is 28.2 Å². The normalized spacial score (nSPS) is 22.7. The second kappa shape index (κ2) is 12.3.